The van der Waals surface area contributed by atoms with Crippen LogP contribution < -0.4 is 5.32 Å². The summed E-state index contributed by atoms with van der Waals surface area (Å²) in [6, 6.07) is 3.74. The van der Waals surface area contributed by atoms with Gasteiger partial charge in [-0.15, -0.1) is 0 Å². The van der Waals surface area contributed by atoms with E-state index in [4.69, 9.17) is 4.74 Å². The molecule has 0 aliphatic heterocycles. The van der Waals surface area contributed by atoms with Crippen molar-refractivity contribution in [2.75, 3.05) is 18.5 Å². The highest BCUT2D eigenvalue weighted by Gasteiger charge is 2.05. The molecule has 2 aromatic heterocycles. The van der Waals surface area contributed by atoms with Crippen LogP contribution in [0.5, 0.6) is 0 Å². The normalized spacial score (nSPS) is 10.3. The van der Waals surface area contributed by atoms with E-state index in [0.29, 0.717) is 6.61 Å². The minimum Gasteiger partial charge on any atom is -0.465 e. The summed E-state index contributed by atoms with van der Waals surface area (Å²) in [4.78, 5) is 18.3. The van der Waals surface area contributed by atoms with Crippen LogP contribution >= 0.6 is 0 Å². The number of hydrogen-bond acceptors (Lipinski definition) is 4. The Labute approximate surface area is 92.8 Å². The first-order valence-corrected chi connectivity index (χ1v) is 5.13. The number of ether oxygens (including phenoxy) is 1. The van der Waals surface area contributed by atoms with Gasteiger partial charge in [-0.25, -0.2) is 4.98 Å². The first-order chi connectivity index (χ1) is 7.81. The Hall–Kier alpha value is -2.04. The quantitative estimate of drug-likeness (QED) is 0.765. The van der Waals surface area contributed by atoms with Crippen molar-refractivity contribution in [3.63, 3.8) is 0 Å². The van der Waals surface area contributed by atoms with E-state index in [1.807, 2.05) is 18.3 Å². The SMILES string of the molecule is CCOC(=O)CNc1ccnc2[nH]ccc12. The van der Waals surface area contributed by atoms with Crippen molar-refractivity contribution >= 4 is 22.7 Å². The molecular formula is C11H13N3O2. The number of nitrogens with zero attached hydrogens (tertiary/aromatic N) is 1. The maximum absolute atomic E-state index is 11.2. The zero-order valence-electron chi connectivity index (χ0n) is 8.99. The van der Waals surface area contributed by atoms with E-state index in [-0.39, 0.29) is 12.5 Å². The fourth-order valence-corrected chi connectivity index (χ4v) is 1.49. The lowest BCUT2D eigenvalue weighted by Crippen LogP contribution is -2.16. The van der Waals surface area contributed by atoms with Crippen LogP contribution in [0.1, 0.15) is 6.92 Å². The number of aromatic amines is 1. The highest BCUT2D eigenvalue weighted by atomic mass is 16.5. The highest BCUT2D eigenvalue weighted by molar-refractivity contribution is 5.90. The predicted octanol–water partition coefficient (Wildman–Crippen LogP) is 1.54. The number of H-pyrrole nitrogens is 1. The number of hydrogen-bond donors (Lipinski definition) is 2. The first kappa shape index (κ1) is 10.5. The third-order valence-electron chi connectivity index (χ3n) is 2.19. The van der Waals surface area contributed by atoms with E-state index in [1.54, 1.807) is 13.1 Å². The lowest BCUT2D eigenvalue weighted by atomic mass is 10.3. The number of aromatic nitrogens is 2. The molecule has 0 spiro atoms. The Morgan fingerprint density at radius 1 is 1.56 bits per heavy atom. The zero-order valence-corrected chi connectivity index (χ0v) is 8.99. The fourth-order valence-electron chi connectivity index (χ4n) is 1.49. The molecule has 84 valence electrons. The standard InChI is InChI=1S/C11H13N3O2/c1-2-16-10(15)7-14-9-4-6-13-11-8(9)3-5-12-11/h3-6H,2,7H2,1H3,(H2,12,13,14). The summed E-state index contributed by atoms with van der Waals surface area (Å²) in [5.41, 5.74) is 1.67. The molecule has 2 N–H and O–H groups in total. The number of fused-ring (bicyclic) bond motifs is 1. The van der Waals surface area contributed by atoms with Gasteiger partial charge in [-0.05, 0) is 19.1 Å². The summed E-state index contributed by atoms with van der Waals surface area (Å²) in [6.45, 7) is 2.35. The number of carbonyl (C=O) groups excluding carboxylic acids is 1. The van der Waals surface area contributed by atoms with Gasteiger partial charge in [0.2, 0.25) is 0 Å². The fraction of sp³-hybridized carbons (Fsp3) is 0.273. The molecule has 0 fully saturated rings. The average Bonchev–Trinajstić information content (AvgIpc) is 2.75. The van der Waals surface area contributed by atoms with E-state index in [9.17, 15) is 4.79 Å². The molecule has 2 aromatic rings. The molecule has 0 saturated heterocycles. The lowest BCUT2D eigenvalue weighted by molar-refractivity contribution is -0.140. The van der Waals surface area contributed by atoms with Gasteiger partial charge in [-0.1, -0.05) is 0 Å². The van der Waals surface area contributed by atoms with Gasteiger partial charge >= 0.3 is 5.97 Å². The molecule has 2 heterocycles. The van der Waals surface area contributed by atoms with Gasteiger partial charge in [0.15, 0.2) is 0 Å². The van der Waals surface area contributed by atoms with Crippen LogP contribution in [-0.4, -0.2) is 29.1 Å². The van der Waals surface area contributed by atoms with Crippen LogP contribution in [0.3, 0.4) is 0 Å². The molecular weight excluding hydrogens is 206 g/mol. The molecule has 5 nitrogen and oxygen atoms in total. The van der Waals surface area contributed by atoms with Crippen LogP contribution in [0.25, 0.3) is 11.0 Å². The third kappa shape index (κ3) is 2.13. The summed E-state index contributed by atoms with van der Waals surface area (Å²) in [7, 11) is 0. The van der Waals surface area contributed by atoms with Crippen LogP contribution in [0, 0.1) is 0 Å². The molecule has 0 aliphatic carbocycles. The summed E-state index contributed by atoms with van der Waals surface area (Å²) in [6.07, 6.45) is 3.50. The average molecular weight is 219 g/mol. The number of rotatable bonds is 4. The van der Waals surface area contributed by atoms with Gasteiger partial charge in [-0.2, -0.15) is 0 Å². The second-order valence-corrected chi connectivity index (χ2v) is 3.26. The van der Waals surface area contributed by atoms with Gasteiger partial charge in [0, 0.05) is 23.5 Å². The van der Waals surface area contributed by atoms with Gasteiger partial charge in [0.1, 0.15) is 12.2 Å². The summed E-state index contributed by atoms with van der Waals surface area (Å²) in [5, 5.41) is 3.99. The first-order valence-electron chi connectivity index (χ1n) is 5.13. The Morgan fingerprint density at radius 3 is 3.25 bits per heavy atom. The van der Waals surface area contributed by atoms with Crippen molar-refractivity contribution in [3.8, 4) is 0 Å². The summed E-state index contributed by atoms with van der Waals surface area (Å²) < 4.78 is 4.83. The Morgan fingerprint density at radius 2 is 2.44 bits per heavy atom. The smallest absolute Gasteiger partial charge is 0.325 e. The van der Waals surface area contributed by atoms with Gasteiger partial charge in [-0.3, -0.25) is 4.79 Å². The van der Waals surface area contributed by atoms with Crippen LogP contribution in [0.15, 0.2) is 24.5 Å². The summed E-state index contributed by atoms with van der Waals surface area (Å²) in [5.74, 6) is -0.261. The Bertz CT molecular complexity index is 493. The maximum Gasteiger partial charge on any atom is 0.325 e. The predicted molar refractivity (Wildman–Crippen MR) is 61.2 cm³/mol. The van der Waals surface area contributed by atoms with Crippen molar-refractivity contribution in [2.24, 2.45) is 0 Å². The number of nitrogens with one attached hydrogen (secondary N) is 2. The zero-order chi connectivity index (χ0) is 11.4. The van der Waals surface area contributed by atoms with Crippen molar-refractivity contribution in [2.45, 2.75) is 6.92 Å². The molecule has 0 radical (unpaired) electrons. The van der Waals surface area contributed by atoms with E-state index in [2.05, 4.69) is 15.3 Å². The van der Waals surface area contributed by atoms with E-state index in [0.717, 1.165) is 16.7 Å². The molecule has 0 bridgehead atoms. The molecule has 0 unspecified atom stereocenters. The molecule has 0 saturated carbocycles. The minimum atomic E-state index is -0.261. The second-order valence-electron chi connectivity index (χ2n) is 3.26. The number of carbonyl (C=O) groups is 1. The molecule has 16 heavy (non-hydrogen) atoms. The molecule has 0 atom stereocenters. The molecule has 0 amide bonds. The number of pyridine rings is 1. The largest absolute Gasteiger partial charge is 0.465 e. The van der Waals surface area contributed by atoms with Crippen molar-refractivity contribution in [1.29, 1.82) is 0 Å². The van der Waals surface area contributed by atoms with Crippen LogP contribution in [0.2, 0.25) is 0 Å². The molecule has 5 heteroatoms. The Balaban J connectivity index is 2.09. The maximum atomic E-state index is 11.2. The topological polar surface area (TPSA) is 67.0 Å². The van der Waals surface area contributed by atoms with Gasteiger partial charge in [0.25, 0.3) is 0 Å². The Kier molecular flexibility index (Phi) is 3.05. The monoisotopic (exact) mass is 219 g/mol. The molecule has 0 aromatic carbocycles. The van der Waals surface area contributed by atoms with Crippen molar-refractivity contribution in [1.82, 2.24) is 9.97 Å². The van der Waals surface area contributed by atoms with Crippen molar-refractivity contribution in [3.05, 3.63) is 24.5 Å². The minimum absolute atomic E-state index is 0.165. The highest BCUT2D eigenvalue weighted by Crippen LogP contribution is 2.19. The van der Waals surface area contributed by atoms with Crippen molar-refractivity contribution < 1.29 is 9.53 Å². The summed E-state index contributed by atoms with van der Waals surface area (Å²) >= 11 is 0. The van der Waals surface area contributed by atoms with E-state index >= 15 is 0 Å². The number of esters is 1. The number of anilines is 1. The van der Waals surface area contributed by atoms with E-state index in [1.165, 1.54) is 0 Å². The van der Waals surface area contributed by atoms with Crippen LogP contribution in [0.4, 0.5) is 5.69 Å². The van der Waals surface area contributed by atoms with Crippen LogP contribution in [-0.2, 0) is 9.53 Å². The van der Waals surface area contributed by atoms with Gasteiger partial charge < -0.3 is 15.0 Å². The molecule has 2 rings (SSSR count). The third-order valence-corrected chi connectivity index (χ3v) is 2.19. The second kappa shape index (κ2) is 4.65. The lowest BCUT2D eigenvalue weighted by Gasteiger charge is -2.06. The van der Waals surface area contributed by atoms with Gasteiger partial charge in [0.05, 0.1) is 6.61 Å². The molecule has 0 aliphatic rings. The van der Waals surface area contributed by atoms with E-state index < -0.39 is 0 Å².